The van der Waals surface area contributed by atoms with Crippen LogP contribution >= 0.6 is 0 Å². The van der Waals surface area contributed by atoms with Gasteiger partial charge in [0.2, 0.25) is 0 Å². The van der Waals surface area contributed by atoms with Crippen LogP contribution in [0.15, 0.2) is 52.0 Å². The van der Waals surface area contributed by atoms with Crippen molar-refractivity contribution in [1.82, 2.24) is 10.1 Å². The number of benzene rings is 1. The molecule has 0 fully saturated rings. The lowest BCUT2D eigenvalue weighted by Crippen LogP contribution is -2.14. The number of rotatable bonds is 5. The van der Waals surface area contributed by atoms with E-state index in [1.807, 2.05) is 0 Å². The number of anilines is 3. The van der Waals surface area contributed by atoms with E-state index in [-0.39, 0.29) is 27.9 Å². The van der Waals surface area contributed by atoms with E-state index in [4.69, 9.17) is 4.52 Å². The Labute approximate surface area is 143 Å². The number of sulfonamides is 1. The summed E-state index contributed by atoms with van der Waals surface area (Å²) in [6, 6.07) is 9.06. The third-order valence-corrected chi connectivity index (χ3v) is 4.97. The van der Waals surface area contributed by atoms with Gasteiger partial charge in [-0.2, -0.15) is 0 Å². The number of pyridine rings is 1. The number of aryl methyl sites for hydroxylation is 2. The highest BCUT2D eigenvalue weighted by Crippen LogP contribution is 2.23. The summed E-state index contributed by atoms with van der Waals surface area (Å²) in [6.45, 7) is 3.08. The highest BCUT2D eigenvalue weighted by atomic mass is 32.2. The van der Waals surface area contributed by atoms with Crippen LogP contribution in [0.3, 0.4) is 0 Å². The van der Waals surface area contributed by atoms with E-state index in [9.17, 15) is 12.8 Å². The van der Waals surface area contributed by atoms with Crippen molar-refractivity contribution in [1.29, 1.82) is 0 Å². The van der Waals surface area contributed by atoms with Crippen LogP contribution in [0.25, 0.3) is 0 Å². The number of hydrogen-bond donors (Lipinski definition) is 2. The van der Waals surface area contributed by atoms with Crippen LogP contribution in [-0.2, 0) is 10.0 Å². The summed E-state index contributed by atoms with van der Waals surface area (Å²) in [5.41, 5.74) is 1.10. The number of aromatic nitrogens is 2. The van der Waals surface area contributed by atoms with Gasteiger partial charge in [0, 0.05) is 5.69 Å². The molecule has 0 spiro atoms. The molecule has 0 bridgehead atoms. The molecule has 0 saturated heterocycles. The van der Waals surface area contributed by atoms with Gasteiger partial charge in [0.15, 0.2) is 10.7 Å². The zero-order valence-corrected chi connectivity index (χ0v) is 14.3. The predicted molar refractivity (Wildman–Crippen MR) is 90.7 cm³/mol. The summed E-state index contributed by atoms with van der Waals surface area (Å²) in [7, 11) is -3.82. The molecule has 0 atom stereocenters. The number of nitrogens with zero attached hydrogens (tertiary/aromatic N) is 2. The average Bonchev–Trinajstić information content (AvgIpc) is 2.89. The van der Waals surface area contributed by atoms with Crippen molar-refractivity contribution in [3.63, 3.8) is 0 Å². The minimum absolute atomic E-state index is 0.00876. The third kappa shape index (κ3) is 3.77. The van der Waals surface area contributed by atoms with Gasteiger partial charge in [-0.05, 0) is 44.2 Å². The molecule has 3 rings (SSSR count). The van der Waals surface area contributed by atoms with Crippen molar-refractivity contribution in [3.8, 4) is 0 Å². The van der Waals surface area contributed by atoms with Gasteiger partial charge in [-0.1, -0.05) is 11.2 Å². The first-order chi connectivity index (χ1) is 11.8. The van der Waals surface area contributed by atoms with Crippen LogP contribution in [0.2, 0.25) is 0 Å². The van der Waals surface area contributed by atoms with Gasteiger partial charge < -0.3 is 9.84 Å². The zero-order valence-electron chi connectivity index (χ0n) is 13.4. The maximum absolute atomic E-state index is 13.2. The molecule has 0 aliphatic rings. The number of nitrogens with one attached hydrogen (secondary N) is 2. The molecule has 0 saturated carbocycles. The fraction of sp³-hybridized carbons (Fsp3) is 0.125. The SMILES string of the molecule is Cc1noc(C)c1S(=O)(=O)Nc1ccc(Nc2cccc(F)c2)nc1. The molecule has 0 aliphatic heterocycles. The quantitative estimate of drug-likeness (QED) is 0.722. The molecule has 2 aromatic heterocycles. The van der Waals surface area contributed by atoms with Gasteiger partial charge in [0.25, 0.3) is 10.0 Å². The van der Waals surface area contributed by atoms with Crippen molar-refractivity contribution in [2.24, 2.45) is 0 Å². The van der Waals surface area contributed by atoms with Crippen molar-refractivity contribution in [2.45, 2.75) is 18.7 Å². The molecular formula is C16H15FN4O3S. The highest BCUT2D eigenvalue weighted by molar-refractivity contribution is 7.92. The molecule has 1 aromatic carbocycles. The van der Waals surface area contributed by atoms with Gasteiger partial charge in [-0.3, -0.25) is 4.72 Å². The minimum atomic E-state index is -3.82. The first-order valence-electron chi connectivity index (χ1n) is 7.29. The Balaban J connectivity index is 1.77. The van der Waals surface area contributed by atoms with E-state index in [2.05, 4.69) is 20.2 Å². The minimum Gasteiger partial charge on any atom is -0.360 e. The van der Waals surface area contributed by atoms with Crippen molar-refractivity contribution < 1.29 is 17.3 Å². The summed E-state index contributed by atoms with van der Waals surface area (Å²) in [4.78, 5) is 4.12. The van der Waals surface area contributed by atoms with E-state index in [1.165, 1.54) is 25.3 Å². The molecule has 130 valence electrons. The van der Waals surface area contributed by atoms with E-state index in [1.54, 1.807) is 31.2 Å². The Morgan fingerprint density at radius 2 is 1.92 bits per heavy atom. The van der Waals surface area contributed by atoms with E-state index in [0.717, 1.165) is 0 Å². The average molecular weight is 362 g/mol. The normalized spacial score (nSPS) is 11.3. The second-order valence-corrected chi connectivity index (χ2v) is 6.95. The lowest BCUT2D eigenvalue weighted by atomic mass is 10.3. The summed E-state index contributed by atoms with van der Waals surface area (Å²) in [6.07, 6.45) is 1.36. The van der Waals surface area contributed by atoms with Gasteiger partial charge in [0.05, 0.1) is 11.9 Å². The zero-order chi connectivity index (χ0) is 18.0. The van der Waals surface area contributed by atoms with Gasteiger partial charge in [-0.15, -0.1) is 0 Å². The Morgan fingerprint density at radius 3 is 2.52 bits per heavy atom. The molecule has 7 nitrogen and oxygen atoms in total. The summed E-state index contributed by atoms with van der Waals surface area (Å²) in [5, 5.41) is 6.57. The van der Waals surface area contributed by atoms with Gasteiger partial charge in [-0.25, -0.2) is 17.8 Å². The van der Waals surface area contributed by atoms with Crippen LogP contribution in [0.5, 0.6) is 0 Å². The third-order valence-electron chi connectivity index (χ3n) is 3.35. The topological polar surface area (TPSA) is 97.1 Å². The fourth-order valence-corrected chi connectivity index (χ4v) is 3.68. The molecule has 0 amide bonds. The highest BCUT2D eigenvalue weighted by Gasteiger charge is 2.24. The van der Waals surface area contributed by atoms with E-state index >= 15 is 0 Å². The molecule has 2 heterocycles. The molecule has 25 heavy (non-hydrogen) atoms. The summed E-state index contributed by atoms with van der Waals surface area (Å²) in [5.74, 6) is 0.294. The Hall–Kier alpha value is -2.94. The van der Waals surface area contributed by atoms with Gasteiger partial charge >= 0.3 is 0 Å². The smallest absolute Gasteiger partial charge is 0.267 e. The summed E-state index contributed by atoms with van der Waals surface area (Å²) >= 11 is 0. The summed E-state index contributed by atoms with van der Waals surface area (Å²) < 4.78 is 45.3. The van der Waals surface area contributed by atoms with Gasteiger partial charge in [0.1, 0.15) is 17.3 Å². The van der Waals surface area contributed by atoms with E-state index in [0.29, 0.717) is 11.5 Å². The largest absolute Gasteiger partial charge is 0.360 e. The molecule has 3 aromatic rings. The molecule has 0 radical (unpaired) electrons. The Morgan fingerprint density at radius 1 is 1.12 bits per heavy atom. The first kappa shape index (κ1) is 16.9. The monoisotopic (exact) mass is 362 g/mol. The number of halogens is 1. The second kappa shape index (κ2) is 6.52. The van der Waals surface area contributed by atoms with Crippen molar-refractivity contribution in [2.75, 3.05) is 10.0 Å². The maximum Gasteiger partial charge on any atom is 0.267 e. The molecule has 0 unspecified atom stereocenters. The van der Waals surface area contributed by atoms with Crippen molar-refractivity contribution >= 4 is 27.2 Å². The fourth-order valence-electron chi connectivity index (χ4n) is 2.31. The molecule has 2 N–H and O–H groups in total. The van der Waals surface area contributed by atoms with Crippen LogP contribution in [-0.4, -0.2) is 18.6 Å². The molecule has 0 aliphatic carbocycles. The lowest BCUT2D eigenvalue weighted by Gasteiger charge is -2.09. The van der Waals surface area contributed by atoms with Crippen LogP contribution in [0.4, 0.5) is 21.6 Å². The second-order valence-electron chi connectivity index (χ2n) is 5.33. The van der Waals surface area contributed by atoms with E-state index < -0.39 is 10.0 Å². The first-order valence-corrected chi connectivity index (χ1v) is 8.78. The Bertz CT molecular complexity index is 981. The molecular weight excluding hydrogens is 347 g/mol. The Kier molecular flexibility index (Phi) is 4.41. The maximum atomic E-state index is 13.2. The van der Waals surface area contributed by atoms with Crippen LogP contribution in [0, 0.1) is 19.7 Å². The lowest BCUT2D eigenvalue weighted by molar-refractivity contribution is 0.390. The number of hydrogen-bond acceptors (Lipinski definition) is 6. The standard InChI is InChI=1S/C16H15FN4O3S/c1-10-16(11(2)24-20-10)25(22,23)21-14-6-7-15(18-9-14)19-13-5-3-4-12(17)8-13/h3-9,21H,1-2H3,(H,18,19). The van der Waals surface area contributed by atoms with Crippen LogP contribution < -0.4 is 10.0 Å². The van der Waals surface area contributed by atoms with Crippen LogP contribution in [0.1, 0.15) is 11.5 Å². The predicted octanol–water partition coefficient (Wildman–Crippen LogP) is 3.37. The van der Waals surface area contributed by atoms with Crippen molar-refractivity contribution in [3.05, 3.63) is 59.9 Å². The molecule has 9 heteroatoms.